The lowest BCUT2D eigenvalue weighted by molar-refractivity contribution is 0.0699. The Bertz CT molecular complexity index is 1130. The Hall–Kier alpha value is -2.65. The Kier molecular flexibility index (Phi) is 4.51. The quantitative estimate of drug-likeness (QED) is 0.724. The van der Waals surface area contributed by atoms with Gasteiger partial charge in [-0.25, -0.2) is 8.42 Å². The van der Waals surface area contributed by atoms with Crippen LogP contribution in [0.2, 0.25) is 0 Å². The molecule has 1 aliphatic rings. The number of hydrogen-bond acceptors (Lipinski definition) is 5. The van der Waals surface area contributed by atoms with Crippen molar-refractivity contribution in [3.8, 4) is 0 Å². The van der Waals surface area contributed by atoms with Crippen molar-refractivity contribution in [3.05, 3.63) is 47.0 Å². The fraction of sp³-hybridized carbons (Fsp3) is 0.368. The van der Waals surface area contributed by atoms with Gasteiger partial charge in [0.2, 0.25) is 10.0 Å². The first-order valence-corrected chi connectivity index (χ1v) is 10.5. The lowest BCUT2D eigenvalue weighted by atomic mass is 10.1. The first kappa shape index (κ1) is 18.7. The van der Waals surface area contributed by atoms with Crippen LogP contribution in [0.1, 0.15) is 27.5 Å². The average molecular weight is 402 g/mol. The van der Waals surface area contributed by atoms with Crippen molar-refractivity contribution in [1.29, 1.82) is 0 Å². The smallest absolute Gasteiger partial charge is 0.256 e. The highest BCUT2D eigenvalue weighted by atomic mass is 32.2. The maximum atomic E-state index is 13.1. The van der Waals surface area contributed by atoms with Crippen LogP contribution in [-0.4, -0.2) is 59.8 Å². The number of carbonyl (C=O) groups excluding carboxylic acids is 1. The number of nitrogens with zero attached hydrogens (tertiary/aromatic N) is 3. The van der Waals surface area contributed by atoms with Gasteiger partial charge in [0, 0.05) is 42.8 Å². The number of aromatic amines is 1. The molecule has 0 atom stereocenters. The third kappa shape index (κ3) is 2.91. The minimum atomic E-state index is -3.69. The number of hydrogen-bond donors (Lipinski definition) is 1. The summed E-state index contributed by atoms with van der Waals surface area (Å²) in [4.78, 5) is 18.2. The fourth-order valence-electron chi connectivity index (χ4n) is 3.81. The van der Waals surface area contributed by atoms with Gasteiger partial charge < -0.3 is 14.4 Å². The van der Waals surface area contributed by atoms with Crippen LogP contribution >= 0.6 is 0 Å². The van der Waals surface area contributed by atoms with Crippen molar-refractivity contribution < 1.29 is 17.7 Å². The van der Waals surface area contributed by atoms with E-state index in [0.717, 1.165) is 16.6 Å². The van der Waals surface area contributed by atoms with E-state index in [4.69, 9.17) is 4.52 Å². The third-order valence-electron chi connectivity index (χ3n) is 5.20. The Balaban J connectivity index is 1.54. The van der Waals surface area contributed by atoms with E-state index in [1.165, 1.54) is 4.31 Å². The molecule has 148 valence electrons. The van der Waals surface area contributed by atoms with Gasteiger partial charge in [-0.3, -0.25) is 4.79 Å². The van der Waals surface area contributed by atoms with Crippen molar-refractivity contribution in [3.63, 3.8) is 0 Å². The van der Waals surface area contributed by atoms with Gasteiger partial charge in [0.15, 0.2) is 5.76 Å². The van der Waals surface area contributed by atoms with E-state index in [1.807, 2.05) is 31.2 Å². The van der Waals surface area contributed by atoms with E-state index in [-0.39, 0.29) is 29.7 Å². The Labute approximate surface area is 163 Å². The second-order valence-corrected chi connectivity index (χ2v) is 8.89. The summed E-state index contributed by atoms with van der Waals surface area (Å²) in [5.74, 6) is 0.203. The zero-order valence-corrected chi connectivity index (χ0v) is 16.8. The second-order valence-electron chi connectivity index (χ2n) is 7.02. The molecule has 28 heavy (non-hydrogen) atoms. The fourth-order valence-corrected chi connectivity index (χ4v) is 5.53. The molecule has 0 radical (unpaired) electrons. The number of piperazine rings is 1. The lowest BCUT2D eigenvalue weighted by Gasteiger charge is -2.34. The SMILES string of the molecule is Cc1noc(C)c1S(=O)(=O)N1CCN(C(=O)c2c(C)[nH]c3ccccc23)CC1. The highest BCUT2D eigenvalue weighted by Crippen LogP contribution is 2.26. The standard InChI is InChI=1S/C19H22N4O4S/c1-12-17(15-6-4-5-7-16(15)20-12)19(24)22-8-10-23(11-9-22)28(25,26)18-13(2)21-27-14(18)3/h4-7,20H,8-11H2,1-3H3. The van der Waals surface area contributed by atoms with Gasteiger partial charge in [-0.15, -0.1) is 0 Å². The van der Waals surface area contributed by atoms with Crippen LogP contribution in [0.15, 0.2) is 33.7 Å². The predicted molar refractivity (Wildman–Crippen MR) is 104 cm³/mol. The highest BCUT2D eigenvalue weighted by molar-refractivity contribution is 7.89. The number of rotatable bonds is 3. The van der Waals surface area contributed by atoms with E-state index in [1.54, 1.807) is 18.7 Å². The van der Waals surface area contributed by atoms with Gasteiger partial charge in [0.25, 0.3) is 5.91 Å². The molecule has 1 saturated heterocycles. The summed E-state index contributed by atoms with van der Waals surface area (Å²) in [6, 6.07) is 7.68. The minimum Gasteiger partial charge on any atom is -0.360 e. The number of aryl methyl sites for hydroxylation is 3. The lowest BCUT2D eigenvalue weighted by Crippen LogP contribution is -2.50. The topological polar surface area (TPSA) is 99.5 Å². The van der Waals surface area contributed by atoms with E-state index >= 15 is 0 Å². The molecule has 8 nitrogen and oxygen atoms in total. The first-order chi connectivity index (χ1) is 13.3. The van der Waals surface area contributed by atoms with Gasteiger partial charge >= 0.3 is 0 Å². The van der Waals surface area contributed by atoms with Crippen LogP contribution in [0.3, 0.4) is 0 Å². The molecule has 0 unspecified atom stereocenters. The zero-order chi connectivity index (χ0) is 20.1. The number of amides is 1. The van der Waals surface area contributed by atoms with E-state index in [2.05, 4.69) is 10.1 Å². The molecule has 0 aliphatic carbocycles. The van der Waals surface area contributed by atoms with Crippen molar-refractivity contribution in [2.45, 2.75) is 25.7 Å². The summed E-state index contributed by atoms with van der Waals surface area (Å²) in [7, 11) is -3.69. The minimum absolute atomic E-state index is 0.0793. The summed E-state index contributed by atoms with van der Waals surface area (Å²) < 4.78 is 32.3. The number of H-pyrrole nitrogens is 1. The molecule has 1 aromatic carbocycles. The normalized spacial score (nSPS) is 16.0. The maximum absolute atomic E-state index is 13.1. The monoisotopic (exact) mass is 402 g/mol. The summed E-state index contributed by atoms with van der Waals surface area (Å²) in [5.41, 5.74) is 2.74. The van der Waals surface area contributed by atoms with Gasteiger partial charge in [-0.1, -0.05) is 23.4 Å². The molecule has 0 bridgehead atoms. The van der Waals surface area contributed by atoms with Crippen LogP contribution in [0.4, 0.5) is 0 Å². The number of nitrogens with one attached hydrogen (secondary N) is 1. The molecule has 0 saturated carbocycles. The van der Waals surface area contributed by atoms with Crippen molar-refractivity contribution in [2.24, 2.45) is 0 Å². The maximum Gasteiger partial charge on any atom is 0.256 e. The van der Waals surface area contributed by atoms with E-state index < -0.39 is 10.0 Å². The van der Waals surface area contributed by atoms with Gasteiger partial charge in [0.1, 0.15) is 10.6 Å². The molecule has 2 aromatic heterocycles. The van der Waals surface area contributed by atoms with Crippen LogP contribution in [-0.2, 0) is 10.0 Å². The van der Waals surface area contributed by atoms with Crippen LogP contribution in [0.5, 0.6) is 0 Å². The summed E-state index contributed by atoms with van der Waals surface area (Å²) in [6.45, 7) is 6.22. The number of para-hydroxylation sites is 1. The summed E-state index contributed by atoms with van der Waals surface area (Å²) in [5, 5.41) is 4.63. The molecule has 1 fully saturated rings. The number of carbonyl (C=O) groups is 1. The molecular weight excluding hydrogens is 380 g/mol. The Morgan fingerprint density at radius 2 is 1.79 bits per heavy atom. The summed E-state index contributed by atoms with van der Waals surface area (Å²) in [6.07, 6.45) is 0. The van der Waals surface area contributed by atoms with Crippen molar-refractivity contribution >= 4 is 26.8 Å². The van der Waals surface area contributed by atoms with Crippen LogP contribution < -0.4 is 0 Å². The molecule has 1 N–H and O–H groups in total. The van der Waals surface area contributed by atoms with Gasteiger partial charge in [-0.2, -0.15) is 4.31 Å². The number of fused-ring (bicyclic) bond motifs is 1. The second kappa shape index (κ2) is 6.75. The molecule has 9 heteroatoms. The number of sulfonamides is 1. The van der Waals surface area contributed by atoms with Crippen LogP contribution in [0.25, 0.3) is 10.9 Å². The number of aromatic nitrogens is 2. The Morgan fingerprint density at radius 1 is 1.11 bits per heavy atom. The molecule has 1 amide bonds. The average Bonchev–Trinajstić information content (AvgIpc) is 3.19. The van der Waals surface area contributed by atoms with E-state index in [9.17, 15) is 13.2 Å². The van der Waals surface area contributed by atoms with Crippen molar-refractivity contribution in [2.75, 3.05) is 26.2 Å². The van der Waals surface area contributed by atoms with Crippen molar-refractivity contribution in [1.82, 2.24) is 19.3 Å². The zero-order valence-electron chi connectivity index (χ0n) is 16.0. The molecule has 4 rings (SSSR count). The molecule has 0 spiro atoms. The summed E-state index contributed by atoms with van der Waals surface area (Å²) >= 11 is 0. The van der Waals surface area contributed by atoms with E-state index in [0.29, 0.717) is 24.3 Å². The third-order valence-corrected chi connectivity index (χ3v) is 7.34. The van der Waals surface area contributed by atoms with Gasteiger partial charge in [-0.05, 0) is 26.8 Å². The largest absolute Gasteiger partial charge is 0.360 e. The molecule has 1 aliphatic heterocycles. The van der Waals surface area contributed by atoms with Gasteiger partial charge in [0.05, 0.1) is 5.56 Å². The van der Waals surface area contributed by atoms with Crippen LogP contribution in [0, 0.1) is 20.8 Å². The molecular formula is C19H22N4O4S. The first-order valence-electron chi connectivity index (χ1n) is 9.10. The Morgan fingerprint density at radius 3 is 2.43 bits per heavy atom. The number of benzene rings is 1. The predicted octanol–water partition coefficient (Wildman–Crippen LogP) is 2.23. The molecule has 3 aromatic rings. The molecule has 3 heterocycles. The highest BCUT2D eigenvalue weighted by Gasteiger charge is 2.35.